The van der Waals surface area contributed by atoms with E-state index in [1.165, 1.54) is 31.6 Å². The monoisotopic (exact) mass is 258 g/mol. The van der Waals surface area contributed by atoms with Gasteiger partial charge in [-0.3, -0.25) is 9.58 Å². The van der Waals surface area contributed by atoms with Crippen molar-refractivity contribution in [2.45, 2.75) is 38.9 Å². The molecule has 0 radical (unpaired) electrons. The van der Waals surface area contributed by atoms with E-state index in [0.29, 0.717) is 6.04 Å². The fourth-order valence-electron chi connectivity index (χ4n) is 2.39. The quantitative estimate of drug-likeness (QED) is 0.889. The smallest absolute Gasteiger partial charge is 0.0524 e. The van der Waals surface area contributed by atoms with E-state index in [9.17, 15) is 0 Å². The molecular weight excluding hydrogens is 236 g/mol. The van der Waals surface area contributed by atoms with Crippen LogP contribution in [0.1, 0.15) is 25.5 Å². The molecule has 17 heavy (non-hydrogen) atoms. The second-order valence-corrected chi connectivity index (χ2v) is 4.48. The van der Waals surface area contributed by atoms with Crippen LogP contribution in [-0.4, -0.2) is 40.9 Å². The fourth-order valence-corrected chi connectivity index (χ4v) is 2.39. The molecule has 1 saturated heterocycles. The summed E-state index contributed by atoms with van der Waals surface area (Å²) in [6.45, 7) is 6.55. The van der Waals surface area contributed by atoms with Gasteiger partial charge in [-0.1, -0.05) is 0 Å². The van der Waals surface area contributed by atoms with Crippen LogP contribution < -0.4 is 5.32 Å². The van der Waals surface area contributed by atoms with Crippen molar-refractivity contribution in [3.05, 3.63) is 18.0 Å². The summed E-state index contributed by atoms with van der Waals surface area (Å²) in [5.41, 5.74) is 1.34. The van der Waals surface area contributed by atoms with Gasteiger partial charge in [-0.25, -0.2) is 0 Å². The van der Waals surface area contributed by atoms with E-state index in [0.717, 1.165) is 13.1 Å². The van der Waals surface area contributed by atoms with Crippen molar-refractivity contribution in [1.29, 1.82) is 0 Å². The zero-order chi connectivity index (χ0) is 11.4. The molecule has 98 valence electrons. The molecule has 1 aromatic heterocycles. The molecule has 1 fully saturated rings. The molecule has 5 heteroatoms. The van der Waals surface area contributed by atoms with Gasteiger partial charge < -0.3 is 5.32 Å². The van der Waals surface area contributed by atoms with E-state index in [2.05, 4.69) is 40.0 Å². The van der Waals surface area contributed by atoms with Gasteiger partial charge in [-0.15, -0.1) is 12.4 Å². The van der Waals surface area contributed by atoms with E-state index < -0.39 is 0 Å². The standard InChI is InChI=1S/C12H22N4.ClH/c1-3-16-12(4-7-14-16)10-15-8-5-11(13-2)6-9-15;/h4,7,11,13H,3,5-6,8-10H2,1-2H3;1H. The van der Waals surface area contributed by atoms with Crippen LogP contribution in [0.4, 0.5) is 0 Å². The van der Waals surface area contributed by atoms with E-state index in [1.807, 2.05) is 6.20 Å². The van der Waals surface area contributed by atoms with Crippen molar-refractivity contribution in [3.63, 3.8) is 0 Å². The highest BCUT2D eigenvalue weighted by atomic mass is 35.5. The topological polar surface area (TPSA) is 33.1 Å². The molecule has 0 amide bonds. The summed E-state index contributed by atoms with van der Waals surface area (Å²) in [6.07, 6.45) is 4.42. The van der Waals surface area contributed by atoms with Gasteiger partial charge in [-0.2, -0.15) is 5.10 Å². The molecule has 2 rings (SSSR count). The zero-order valence-corrected chi connectivity index (χ0v) is 11.5. The van der Waals surface area contributed by atoms with E-state index >= 15 is 0 Å². The average molecular weight is 259 g/mol. The van der Waals surface area contributed by atoms with Crippen LogP contribution in [0.25, 0.3) is 0 Å². The highest BCUT2D eigenvalue weighted by molar-refractivity contribution is 5.85. The van der Waals surface area contributed by atoms with E-state index in [1.54, 1.807) is 0 Å². The van der Waals surface area contributed by atoms with Crippen molar-refractivity contribution in [2.24, 2.45) is 0 Å². The maximum atomic E-state index is 4.31. The molecule has 0 spiro atoms. The number of nitrogens with one attached hydrogen (secondary N) is 1. The zero-order valence-electron chi connectivity index (χ0n) is 10.7. The molecule has 4 nitrogen and oxygen atoms in total. The predicted octanol–water partition coefficient (Wildman–Crippen LogP) is 1.51. The Morgan fingerprint density at radius 2 is 2.12 bits per heavy atom. The molecule has 1 N–H and O–H groups in total. The van der Waals surface area contributed by atoms with Crippen LogP contribution in [0, 0.1) is 0 Å². The van der Waals surface area contributed by atoms with Gasteiger partial charge in [0.05, 0.1) is 5.69 Å². The number of halogens is 1. The lowest BCUT2D eigenvalue weighted by Gasteiger charge is -2.31. The molecule has 1 aliphatic heterocycles. The third-order valence-corrected chi connectivity index (χ3v) is 3.49. The maximum Gasteiger partial charge on any atom is 0.0524 e. The van der Waals surface area contributed by atoms with E-state index in [-0.39, 0.29) is 12.4 Å². The molecule has 1 aromatic rings. The van der Waals surface area contributed by atoms with Gasteiger partial charge >= 0.3 is 0 Å². The normalized spacial score (nSPS) is 18.0. The highest BCUT2D eigenvalue weighted by Crippen LogP contribution is 2.13. The largest absolute Gasteiger partial charge is 0.317 e. The molecule has 2 heterocycles. The summed E-state index contributed by atoms with van der Waals surface area (Å²) in [5, 5.41) is 7.67. The second-order valence-electron chi connectivity index (χ2n) is 4.48. The van der Waals surface area contributed by atoms with Crippen molar-refractivity contribution < 1.29 is 0 Å². The van der Waals surface area contributed by atoms with Crippen molar-refractivity contribution in [3.8, 4) is 0 Å². The summed E-state index contributed by atoms with van der Waals surface area (Å²) in [5.74, 6) is 0. The van der Waals surface area contributed by atoms with Crippen molar-refractivity contribution >= 4 is 12.4 Å². The first-order valence-electron chi connectivity index (χ1n) is 6.23. The third-order valence-electron chi connectivity index (χ3n) is 3.49. The maximum absolute atomic E-state index is 4.31. The minimum Gasteiger partial charge on any atom is -0.317 e. The Morgan fingerprint density at radius 3 is 2.71 bits per heavy atom. The van der Waals surface area contributed by atoms with Crippen molar-refractivity contribution in [2.75, 3.05) is 20.1 Å². The van der Waals surface area contributed by atoms with Gasteiger partial charge in [-0.05, 0) is 32.9 Å². The Balaban J connectivity index is 0.00000144. The molecule has 0 bridgehead atoms. The molecule has 0 aromatic carbocycles. The van der Waals surface area contributed by atoms with Crippen LogP contribution >= 0.6 is 12.4 Å². The van der Waals surface area contributed by atoms with Gasteiger partial charge in [0.1, 0.15) is 0 Å². The summed E-state index contributed by atoms with van der Waals surface area (Å²) >= 11 is 0. The highest BCUT2D eigenvalue weighted by Gasteiger charge is 2.18. The number of aryl methyl sites for hydroxylation is 1. The number of hydrogen-bond acceptors (Lipinski definition) is 3. The molecule has 0 saturated carbocycles. The lowest BCUT2D eigenvalue weighted by Crippen LogP contribution is -2.41. The lowest BCUT2D eigenvalue weighted by molar-refractivity contribution is 0.190. The summed E-state index contributed by atoms with van der Waals surface area (Å²) in [7, 11) is 2.06. The number of hydrogen-bond donors (Lipinski definition) is 1. The minimum atomic E-state index is 0. The number of likely N-dealkylation sites (tertiary alicyclic amines) is 1. The summed E-state index contributed by atoms with van der Waals surface area (Å²) in [6, 6.07) is 2.85. The SMILES string of the molecule is CCn1nccc1CN1CCC(NC)CC1.Cl. The fraction of sp³-hybridized carbons (Fsp3) is 0.750. The van der Waals surface area contributed by atoms with Gasteiger partial charge in [0, 0.05) is 38.4 Å². The first-order chi connectivity index (χ1) is 7.83. The predicted molar refractivity (Wildman–Crippen MR) is 72.5 cm³/mol. The Bertz CT molecular complexity index is 318. The molecule has 0 aliphatic carbocycles. The van der Waals surface area contributed by atoms with Crippen molar-refractivity contribution in [1.82, 2.24) is 20.0 Å². The lowest BCUT2D eigenvalue weighted by atomic mass is 10.1. The Morgan fingerprint density at radius 1 is 1.41 bits per heavy atom. The summed E-state index contributed by atoms with van der Waals surface area (Å²) < 4.78 is 2.09. The Labute approximate surface area is 110 Å². The second kappa shape index (κ2) is 6.99. The minimum absolute atomic E-state index is 0. The average Bonchev–Trinajstić information content (AvgIpc) is 2.77. The van der Waals surface area contributed by atoms with Crippen LogP contribution in [0.5, 0.6) is 0 Å². The number of rotatable bonds is 4. The first kappa shape index (κ1) is 14.5. The number of nitrogens with zero attached hydrogens (tertiary/aromatic N) is 3. The van der Waals surface area contributed by atoms with E-state index in [4.69, 9.17) is 0 Å². The van der Waals surface area contributed by atoms with Crippen LogP contribution in [0.3, 0.4) is 0 Å². The Kier molecular flexibility index (Phi) is 5.95. The Hall–Kier alpha value is -0.580. The van der Waals surface area contributed by atoms with Crippen LogP contribution in [-0.2, 0) is 13.1 Å². The van der Waals surface area contributed by atoms with Gasteiger partial charge in [0.25, 0.3) is 0 Å². The molecule has 0 unspecified atom stereocenters. The van der Waals surface area contributed by atoms with Crippen LogP contribution in [0.2, 0.25) is 0 Å². The number of piperidine rings is 1. The van der Waals surface area contributed by atoms with Gasteiger partial charge in [0.15, 0.2) is 0 Å². The first-order valence-corrected chi connectivity index (χ1v) is 6.23. The van der Waals surface area contributed by atoms with Gasteiger partial charge in [0.2, 0.25) is 0 Å². The molecule has 1 aliphatic rings. The molecular formula is C12H23ClN4. The third kappa shape index (κ3) is 3.69. The van der Waals surface area contributed by atoms with Crippen LogP contribution in [0.15, 0.2) is 12.3 Å². The molecule has 0 atom stereocenters. The number of aromatic nitrogens is 2. The summed E-state index contributed by atoms with van der Waals surface area (Å²) in [4.78, 5) is 2.52.